The first-order valence-electron chi connectivity index (χ1n) is 22.8. The zero-order valence-electron chi connectivity index (χ0n) is 36.8. The summed E-state index contributed by atoms with van der Waals surface area (Å²) in [4.78, 5) is 25.4. The molecule has 0 aromatic carbocycles. The predicted octanol–water partition coefficient (Wildman–Crippen LogP) is 9.34. The molecule has 0 bridgehead atoms. The van der Waals surface area contributed by atoms with Crippen LogP contribution in [0, 0.1) is 0 Å². The Labute approximate surface area is 362 Å². The number of unbranched alkanes of at least 4 members (excludes halogenated alkanes) is 15. The molecule has 1 heterocycles. The molecule has 0 saturated carbocycles. The van der Waals surface area contributed by atoms with Gasteiger partial charge in [0.25, 0.3) is 10.1 Å². The number of hydrogen-bond acceptors (Lipinski definition) is 11. The first kappa shape index (κ1) is 55.4. The van der Waals surface area contributed by atoms with E-state index in [1.165, 1.54) is 64.2 Å². The van der Waals surface area contributed by atoms with Crippen molar-refractivity contribution < 1.29 is 56.8 Å². The van der Waals surface area contributed by atoms with Gasteiger partial charge < -0.3 is 34.3 Å². The Morgan fingerprint density at radius 3 is 1.62 bits per heavy atom. The number of carbonyl (C=O) groups is 2. The summed E-state index contributed by atoms with van der Waals surface area (Å²) < 4.78 is 54.0. The standard InChI is InChI=1S/C47H80O12S/c1-3-5-7-9-11-13-15-17-19-20-22-23-25-27-29-31-33-35-42(48)56-37-40(38-57-47-46(52)45(51)44(50)41(59-47)39-60(53,54)55)58-43(49)36-34-32-30-28-26-24-21-18-16-14-12-10-8-6-4-2/h6,8,12,14,17-19,21,26,28,40-41,44-47,50-52H,3-5,7,9-11,13,15-16,20,22-25,27,29-39H2,1-2H3,(H,53,54,55)/b8-6+,14-12+,19-17+,21-18+,28-26+/t40-,41-,44-,45?,46?,47+/m1/s1. The molecule has 0 radical (unpaired) electrons. The Bertz CT molecular complexity index is 1340. The minimum Gasteiger partial charge on any atom is -0.462 e. The second-order valence-electron chi connectivity index (χ2n) is 15.7. The van der Waals surface area contributed by atoms with E-state index in [1.807, 2.05) is 0 Å². The van der Waals surface area contributed by atoms with Gasteiger partial charge in [0, 0.05) is 12.8 Å². The number of aliphatic hydroxyl groups is 3. The van der Waals surface area contributed by atoms with Crippen molar-refractivity contribution in [2.45, 2.75) is 205 Å². The van der Waals surface area contributed by atoms with Crippen molar-refractivity contribution in [2.75, 3.05) is 19.0 Å². The van der Waals surface area contributed by atoms with Crippen molar-refractivity contribution in [3.63, 3.8) is 0 Å². The number of allylic oxidation sites excluding steroid dienone is 10. The summed E-state index contributed by atoms with van der Waals surface area (Å²) in [6.45, 7) is 3.60. The summed E-state index contributed by atoms with van der Waals surface area (Å²) in [5.74, 6) is -2.05. The molecular formula is C47H80O12S. The number of carbonyl (C=O) groups excluding carboxylic acids is 2. The van der Waals surface area contributed by atoms with E-state index in [0.717, 1.165) is 64.2 Å². The molecule has 1 aliphatic rings. The van der Waals surface area contributed by atoms with Crippen molar-refractivity contribution in [2.24, 2.45) is 0 Å². The monoisotopic (exact) mass is 869 g/mol. The maximum Gasteiger partial charge on any atom is 0.306 e. The van der Waals surface area contributed by atoms with Gasteiger partial charge in [-0.15, -0.1) is 0 Å². The average Bonchev–Trinajstić information content (AvgIpc) is 3.21. The molecule has 0 aromatic heterocycles. The van der Waals surface area contributed by atoms with Gasteiger partial charge >= 0.3 is 11.9 Å². The fraction of sp³-hybridized carbons (Fsp3) is 0.745. The van der Waals surface area contributed by atoms with E-state index in [1.54, 1.807) is 0 Å². The Morgan fingerprint density at radius 1 is 0.583 bits per heavy atom. The van der Waals surface area contributed by atoms with Crippen molar-refractivity contribution in [3.05, 3.63) is 60.8 Å². The van der Waals surface area contributed by atoms with Crippen molar-refractivity contribution in [1.29, 1.82) is 0 Å². The lowest BCUT2D eigenvalue weighted by Gasteiger charge is -2.40. The zero-order chi connectivity index (χ0) is 44.1. The molecule has 0 amide bonds. The molecule has 13 heteroatoms. The van der Waals surface area contributed by atoms with E-state index in [-0.39, 0.29) is 19.4 Å². The molecular weight excluding hydrogens is 789 g/mol. The van der Waals surface area contributed by atoms with Crippen LogP contribution < -0.4 is 0 Å². The van der Waals surface area contributed by atoms with Crippen LogP contribution in [-0.4, -0.2) is 96.0 Å². The number of esters is 2. The minimum atomic E-state index is -4.61. The molecule has 1 fully saturated rings. The third-order valence-electron chi connectivity index (χ3n) is 10.1. The maximum atomic E-state index is 12.8. The topological polar surface area (TPSA) is 186 Å². The second-order valence-corrected chi connectivity index (χ2v) is 17.2. The highest BCUT2D eigenvalue weighted by Crippen LogP contribution is 2.24. The van der Waals surface area contributed by atoms with Gasteiger partial charge in [0.15, 0.2) is 12.4 Å². The molecule has 2 unspecified atom stereocenters. The first-order chi connectivity index (χ1) is 29.0. The molecule has 1 saturated heterocycles. The first-order valence-corrected chi connectivity index (χ1v) is 24.5. The van der Waals surface area contributed by atoms with Gasteiger partial charge in [0.2, 0.25) is 0 Å². The molecule has 1 aliphatic heterocycles. The molecule has 4 N–H and O–H groups in total. The van der Waals surface area contributed by atoms with E-state index < -0.39 is 71.2 Å². The molecule has 0 aromatic rings. The summed E-state index contributed by atoms with van der Waals surface area (Å²) in [5, 5.41) is 30.9. The normalized spacial score (nSPS) is 20.7. The third kappa shape index (κ3) is 31.2. The number of ether oxygens (including phenoxy) is 4. The maximum absolute atomic E-state index is 12.8. The lowest BCUT2D eigenvalue weighted by Crippen LogP contribution is -2.60. The molecule has 60 heavy (non-hydrogen) atoms. The van der Waals surface area contributed by atoms with Gasteiger partial charge in [0.1, 0.15) is 36.8 Å². The van der Waals surface area contributed by atoms with Gasteiger partial charge in [-0.05, 0) is 77.0 Å². The van der Waals surface area contributed by atoms with Gasteiger partial charge in [-0.1, -0.05) is 139 Å². The lowest BCUT2D eigenvalue weighted by molar-refractivity contribution is -0.297. The Balaban J connectivity index is 2.47. The molecule has 0 spiro atoms. The second kappa shape index (κ2) is 37.0. The molecule has 346 valence electrons. The minimum absolute atomic E-state index is 0.109. The fourth-order valence-electron chi connectivity index (χ4n) is 6.54. The highest BCUT2D eigenvalue weighted by atomic mass is 32.2. The van der Waals surface area contributed by atoms with Crippen LogP contribution in [0.2, 0.25) is 0 Å². The zero-order valence-corrected chi connectivity index (χ0v) is 37.6. The van der Waals surface area contributed by atoms with E-state index in [9.17, 15) is 37.9 Å². The van der Waals surface area contributed by atoms with Crippen LogP contribution in [0.5, 0.6) is 0 Å². The van der Waals surface area contributed by atoms with Crippen LogP contribution in [-0.2, 0) is 38.7 Å². The molecule has 1 rings (SSSR count). The van der Waals surface area contributed by atoms with Crippen LogP contribution in [0.1, 0.15) is 168 Å². The number of aliphatic hydroxyl groups excluding tert-OH is 3. The smallest absolute Gasteiger partial charge is 0.306 e. The van der Waals surface area contributed by atoms with E-state index in [2.05, 4.69) is 74.6 Å². The summed E-state index contributed by atoms with van der Waals surface area (Å²) in [7, 11) is -4.61. The van der Waals surface area contributed by atoms with Crippen LogP contribution in [0.4, 0.5) is 0 Å². The van der Waals surface area contributed by atoms with Gasteiger partial charge in [-0.3, -0.25) is 14.1 Å². The Morgan fingerprint density at radius 2 is 1.05 bits per heavy atom. The summed E-state index contributed by atoms with van der Waals surface area (Å²) >= 11 is 0. The van der Waals surface area contributed by atoms with Crippen LogP contribution in [0.3, 0.4) is 0 Å². The van der Waals surface area contributed by atoms with Crippen molar-refractivity contribution in [1.82, 2.24) is 0 Å². The quantitative estimate of drug-likeness (QED) is 0.0201. The van der Waals surface area contributed by atoms with Crippen LogP contribution >= 0.6 is 0 Å². The lowest BCUT2D eigenvalue weighted by atomic mass is 10.00. The third-order valence-corrected chi connectivity index (χ3v) is 10.8. The average molecular weight is 869 g/mol. The van der Waals surface area contributed by atoms with Gasteiger partial charge in [-0.2, -0.15) is 8.42 Å². The van der Waals surface area contributed by atoms with Crippen molar-refractivity contribution >= 4 is 22.1 Å². The number of rotatable bonds is 37. The van der Waals surface area contributed by atoms with Crippen molar-refractivity contribution in [3.8, 4) is 0 Å². The van der Waals surface area contributed by atoms with Gasteiger partial charge in [-0.25, -0.2) is 0 Å². The van der Waals surface area contributed by atoms with Gasteiger partial charge in [0.05, 0.1) is 6.61 Å². The molecule has 6 atom stereocenters. The Kier molecular flexibility index (Phi) is 34.1. The highest BCUT2D eigenvalue weighted by molar-refractivity contribution is 7.85. The largest absolute Gasteiger partial charge is 0.462 e. The predicted molar refractivity (Wildman–Crippen MR) is 238 cm³/mol. The molecule has 0 aliphatic carbocycles. The number of hydrogen-bond donors (Lipinski definition) is 4. The van der Waals surface area contributed by atoms with E-state index >= 15 is 0 Å². The van der Waals surface area contributed by atoms with Crippen LogP contribution in [0.15, 0.2) is 60.8 Å². The highest BCUT2D eigenvalue weighted by Gasteiger charge is 2.46. The molecule has 12 nitrogen and oxygen atoms in total. The Hall–Kier alpha value is -2.65. The fourth-order valence-corrected chi connectivity index (χ4v) is 7.23. The van der Waals surface area contributed by atoms with Crippen LogP contribution in [0.25, 0.3) is 0 Å². The van der Waals surface area contributed by atoms with E-state index in [0.29, 0.717) is 12.8 Å². The van der Waals surface area contributed by atoms with E-state index in [4.69, 9.17) is 18.9 Å². The summed E-state index contributed by atoms with van der Waals surface area (Å²) in [6.07, 6.45) is 35.5. The SMILES string of the molecule is CC/C=C/C/C=C/C/C=C/C/C=C/CCCCC(=O)O[C@H](COC(=O)CCCCCCCCC/C=C/CCCCCCCC)CO[C@H]1O[C@H](CS(=O)(=O)O)[C@@H](O)C(O)C1O. The summed E-state index contributed by atoms with van der Waals surface area (Å²) in [6, 6.07) is 0. The summed E-state index contributed by atoms with van der Waals surface area (Å²) in [5.41, 5.74) is 0.